The topological polar surface area (TPSA) is 62.2 Å². The van der Waals surface area contributed by atoms with Gasteiger partial charge in [-0.3, -0.25) is 9.78 Å². The molecule has 2 rings (SSSR count). The van der Waals surface area contributed by atoms with Gasteiger partial charge in [-0.25, -0.2) is 0 Å². The van der Waals surface area contributed by atoms with Crippen LogP contribution in [-0.2, 0) is 0 Å². The molecule has 1 heterocycles. The van der Waals surface area contributed by atoms with Crippen LogP contribution in [-0.4, -0.2) is 28.6 Å². The van der Waals surface area contributed by atoms with E-state index in [1.54, 1.807) is 6.07 Å². The number of fused-ring (bicyclic) bond motifs is 1. The van der Waals surface area contributed by atoms with Gasteiger partial charge in [-0.2, -0.15) is 0 Å². The summed E-state index contributed by atoms with van der Waals surface area (Å²) in [5.41, 5.74) is 2.16. The van der Waals surface area contributed by atoms with Crippen molar-refractivity contribution in [1.29, 1.82) is 0 Å². The highest BCUT2D eigenvalue weighted by Gasteiger charge is 2.21. The molecule has 0 saturated carbocycles. The summed E-state index contributed by atoms with van der Waals surface area (Å²) in [5.74, 6) is -0.188. The average Bonchev–Trinajstić information content (AvgIpc) is 2.44. The molecular formula is C18H24N2O2. The SMILES string of the molecule is Cc1ccc2cccc(C(=O)NC(CO)CC(C)(C)C)c2n1. The highest BCUT2D eigenvalue weighted by atomic mass is 16.3. The van der Waals surface area contributed by atoms with Crippen molar-refractivity contribution in [2.75, 3.05) is 6.61 Å². The number of carbonyl (C=O) groups is 1. The standard InChI is InChI=1S/C18H24N2O2/c1-12-8-9-13-6-5-7-15(16(13)19-12)17(22)20-14(11-21)10-18(2,3)4/h5-9,14,21H,10-11H2,1-4H3,(H,20,22). The Morgan fingerprint density at radius 3 is 2.64 bits per heavy atom. The number of amides is 1. The number of pyridine rings is 1. The molecule has 1 aromatic heterocycles. The third-order valence-corrected chi connectivity index (χ3v) is 3.52. The highest BCUT2D eigenvalue weighted by Crippen LogP contribution is 2.22. The first-order valence-electron chi connectivity index (χ1n) is 7.58. The van der Waals surface area contributed by atoms with Crippen molar-refractivity contribution in [3.63, 3.8) is 0 Å². The second kappa shape index (κ2) is 6.44. The Balaban J connectivity index is 2.27. The molecule has 2 aromatic rings. The summed E-state index contributed by atoms with van der Waals surface area (Å²) in [7, 11) is 0. The van der Waals surface area contributed by atoms with Crippen molar-refractivity contribution in [2.24, 2.45) is 5.41 Å². The Morgan fingerprint density at radius 1 is 1.27 bits per heavy atom. The van der Waals surface area contributed by atoms with Crippen molar-refractivity contribution in [3.05, 3.63) is 41.6 Å². The van der Waals surface area contributed by atoms with Crippen LogP contribution < -0.4 is 5.32 Å². The van der Waals surface area contributed by atoms with Gasteiger partial charge in [0.05, 0.1) is 23.7 Å². The molecule has 0 fully saturated rings. The van der Waals surface area contributed by atoms with E-state index in [1.807, 2.05) is 31.2 Å². The largest absolute Gasteiger partial charge is 0.394 e. The van der Waals surface area contributed by atoms with Crippen LogP contribution in [0.25, 0.3) is 10.9 Å². The normalized spacial score (nSPS) is 13.1. The molecule has 0 aliphatic rings. The molecular weight excluding hydrogens is 276 g/mol. The fraction of sp³-hybridized carbons (Fsp3) is 0.444. The van der Waals surface area contributed by atoms with Crippen LogP contribution in [0, 0.1) is 12.3 Å². The molecule has 1 aromatic carbocycles. The second-order valence-corrected chi connectivity index (χ2v) is 6.95. The third-order valence-electron chi connectivity index (χ3n) is 3.52. The minimum Gasteiger partial charge on any atom is -0.394 e. The maximum Gasteiger partial charge on any atom is 0.253 e. The van der Waals surface area contributed by atoms with Gasteiger partial charge in [-0.15, -0.1) is 0 Å². The van der Waals surface area contributed by atoms with Crippen LogP contribution in [0.1, 0.15) is 43.2 Å². The number of aryl methyl sites for hydroxylation is 1. The van der Waals surface area contributed by atoms with E-state index in [4.69, 9.17) is 0 Å². The van der Waals surface area contributed by atoms with E-state index in [0.29, 0.717) is 17.5 Å². The predicted octanol–water partition coefficient (Wildman–Crippen LogP) is 3.07. The fourth-order valence-electron chi connectivity index (χ4n) is 2.59. The van der Waals surface area contributed by atoms with Crippen molar-refractivity contribution in [1.82, 2.24) is 10.3 Å². The smallest absolute Gasteiger partial charge is 0.253 e. The number of hydrogen-bond donors (Lipinski definition) is 2. The van der Waals surface area contributed by atoms with Crippen LogP contribution >= 0.6 is 0 Å². The minimum atomic E-state index is -0.257. The van der Waals surface area contributed by atoms with Gasteiger partial charge < -0.3 is 10.4 Å². The van der Waals surface area contributed by atoms with Crippen LogP contribution in [0.5, 0.6) is 0 Å². The first kappa shape index (κ1) is 16.4. The first-order chi connectivity index (χ1) is 10.3. The fourth-order valence-corrected chi connectivity index (χ4v) is 2.59. The van der Waals surface area contributed by atoms with Gasteiger partial charge in [0.1, 0.15) is 0 Å². The number of rotatable bonds is 4. The van der Waals surface area contributed by atoms with Gasteiger partial charge in [0.25, 0.3) is 5.91 Å². The molecule has 4 nitrogen and oxygen atoms in total. The van der Waals surface area contributed by atoms with Crippen molar-refractivity contribution in [2.45, 2.75) is 40.2 Å². The van der Waals surface area contributed by atoms with Gasteiger partial charge in [-0.1, -0.05) is 39.0 Å². The second-order valence-electron chi connectivity index (χ2n) is 6.95. The molecule has 1 amide bonds. The Hall–Kier alpha value is -1.94. The lowest BCUT2D eigenvalue weighted by Gasteiger charge is -2.25. The third kappa shape index (κ3) is 4.04. The number of aliphatic hydroxyl groups excluding tert-OH is 1. The van der Waals surface area contributed by atoms with Crippen molar-refractivity contribution in [3.8, 4) is 0 Å². The van der Waals surface area contributed by atoms with E-state index in [1.165, 1.54) is 0 Å². The highest BCUT2D eigenvalue weighted by molar-refractivity contribution is 6.05. The molecule has 0 bridgehead atoms. The van der Waals surface area contributed by atoms with Gasteiger partial charge in [0.15, 0.2) is 0 Å². The molecule has 1 atom stereocenters. The lowest BCUT2D eigenvalue weighted by atomic mass is 9.88. The Kier molecular flexibility index (Phi) is 4.81. The number of aromatic nitrogens is 1. The summed E-state index contributed by atoms with van der Waals surface area (Å²) in [5, 5.41) is 13.4. The number of benzene rings is 1. The molecule has 0 radical (unpaired) electrons. The molecule has 22 heavy (non-hydrogen) atoms. The number of nitrogens with zero attached hydrogens (tertiary/aromatic N) is 1. The Labute approximate surface area is 131 Å². The van der Waals surface area contributed by atoms with Gasteiger partial charge in [0.2, 0.25) is 0 Å². The summed E-state index contributed by atoms with van der Waals surface area (Å²) in [4.78, 5) is 17.0. The number of aliphatic hydroxyl groups is 1. The number of para-hydroxylation sites is 1. The number of hydrogen-bond acceptors (Lipinski definition) is 3. The quantitative estimate of drug-likeness (QED) is 0.912. The van der Waals surface area contributed by atoms with E-state index in [0.717, 1.165) is 11.1 Å². The van der Waals surface area contributed by atoms with E-state index in [9.17, 15) is 9.90 Å². The zero-order valence-electron chi connectivity index (χ0n) is 13.7. The zero-order valence-corrected chi connectivity index (χ0v) is 13.7. The summed E-state index contributed by atoms with van der Waals surface area (Å²) in [6, 6.07) is 9.21. The minimum absolute atomic E-state index is 0.0360. The first-order valence-corrected chi connectivity index (χ1v) is 7.58. The monoisotopic (exact) mass is 300 g/mol. The predicted molar refractivity (Wildman–Crippen MR) is 88.9 cm³/mol. The Bertz CT molecular complexity index is 674. The van der Waals surface area contributed by atoms with Gasteiger partial charge >= 0.3 is 0 Å². The molecule has 0 aliphatic carbocycles. The van der Waals surface area contributed by atoms with Crippen molar-refractivity contribution < 1.29 is 9.90 Å². The number of nitrogens with one attached hydrogen (secondary N) is 1. The molecule has 0 spiro atoms. The summed E-state index contributed by atoms with van der Waals surface area (Å²) >= 11 is 0. The molecule has 1 unspecified atom stereocenters. The summed E-state index contributed by atoms with van der Waals surface area (Å²) in [6.45, 7) is 8.10. The number of carbonyl (C=O) groups excluding carboxylic acids is 1. The molecule has 0 saturated heterocycles. The molecule has 2 N–H and O–H groups in total. The van der Waals surface area contributed by atoms with Crippen LogP contribution in [0.4, 0.5) is 0 Å². The Morgan fingerprint density at radius 2 is 2.00 bits per heavy atom. The van der Waals surface area contributed by atoms with Crippen molar-refractivity contribution >= 4 is 16.8 Å². The summed E-state index contributed by atoms with van der Waals surface area (Å²) in [6.07, 6.45) is 0.715. The zero-order chi connectivity index (χ0) is 16.3. The van der Waals surface area contributed by atoms with Crippen LogP contribution in [0.3, 0.4) is 0 Å². The van der Waals surface area contributed by atoms with E-state index in [2.05, 4.69) is 31.1 Å². The summed E-state index contributed by atoms with van der Waals surface area (Å²) < 4.78 is 0. The van der Waals surface area contributed by atoms with Gasteiger partial charge in [0, 0.05) is 11.1 Å². The molecule has 118 valence electrons. The molecule has 0 aliphatic heterocycles. The van der Waals surface area contributed by atoms with Crippen LogP contribution in [0.2, 0.25) is 0 Å². The maximum atomic E-state index is 12.6. The van der Waals surface area contributed by atoms with E-state index < -0.39 is 0 Å². The van der Waals surface area contributed by atoms with Gasteiger partial charge in [-0.05, 0) is 30.9 Å². The lowest BCUT2D eigenvalue weighted by Crippen LogP contribution is -2.40. The van der Waals surface area contributed by atoms with E-state index in [-0.39, 0.29) is 24.0 Å². The molecule has 4 heteroatoms. The lowest BCUT2D eigenvalue weighted by molar-refractivity contribution is 0.0899. The average molecular weight is 300 g/mol. The van der Waals surface area contributed by atoms with E-state index >= 15 is 0 Å². The van der Waals surface area contributed by atoms with Crippen LogP contribution in [0.15, 0.2) is 30.3 Å². The maximum absolute atomic E-state index is 12.6.